The number of aromatic nitrogens is 4. The van der Waals surface area contributed by atoms with E-state index in [-0.39, 0.29) is 13.2 Å². The second-order valence-electron chi connectivity index (χ2n) is 7.30. The van der Waals surface area contributed by atoms with E-state index in [1.165, 1.54) is 11.8 Å². The van der Waals surface area contributed by atoms with Gasteiger partial charge in [0.2, 0.25) is 5.16 Å². The number of ether oxygens (including phenoxy) is 1. The van der Waals surface area contributed by atoms with Crippen LogP contribution in [0.2, 0.25) is 0 Å². The Morgan fingerprint density at radius 1 is 1.15 bits per heavy atom. The van der Waals surface area contributed by atoms with Crippen molar-refractivity contribution in [3.63, 3.8) is 0 Å². The molecule has 1 atom stereocenters. The standard InChI is InChI=1S/C22H23N5O5S/c1-14-8-9-19(15(2)10-14)33-21-24-26-27(25-21)12-18(28)17(11-20(29)30)23-22(31)32-13-16-6-4-3-5-7-16/h3-10,17H,11-13H2,1-2H3,(H,23,31)(H,29,30). The number of aryl methyl sites for hydroxylation is 2. The first-order chi connectivity index (χ1) is 15.8. The molecule has 0 saturated carbocycles. The summed E-state index contributed by atoms with van der Waals surface area (Å²) in [7, 11) is 0. The normalized spacial score (nSPS) is 11.6. The van der Waals surface area contributed by atoms with Crippen LogP contribution in [0.4, 0.5) is 4.79 Å². The first-order valence-electron chi connectivity index (χ1n) is 10.0. The summed E-state index contributed by atoms with van der Waals surface area (Å²) in [6.45, 7) is 3.62. The Hall–Kier alpha value is -3.73. The molecule has 0 spiro atoms. The molecule has 1 amide bonds. The molecule has 0 radical (unpaired) electrons. The lowest BCUT2D eigenvalue weighted by molar-refractivity contribution is -0.139. The maximum absolute atomic E-state index is 12.6. The van der Waals surface area contributed by atoms with E-state index in [1.807, 2.05) is 38.1 Å². The van der Waals surface area contributed by atoms with Crippen molar-refractivity contribution >= 4 is 29.6 Å². The van der Waals surface area contributed by atoms with Gasteiger partial charge in [0.05, 0.1) is 6.42 Å². The summed E-state index contributed by atoms with van der Waals surface area (Å²) in [6.07, 6.45) is -1.49. The van der Waals surface area contributed by atoms with Gasteiger partial charge >= 0.3 is 12.1 Å². The van der Waals surface area contributed by atoms with Gasteiger partial charge in [0.1, 0.15) is 19.2 Å². The zero-order valence-electron chi connectivity index (χ0n) is 18.1. The fourth-order valence-electron chi connectivity index (χ4n) is 2.93. The van der Waals surface area contributed by atoms with E-state index in [4.69, 9.17) is 9.84 Å². The highest BCUT2D eigenvalue weighted by Gasteiger charge is 2.25. The molecule has 0 bridgehead atoms. The summed E-state index contributed by atoms with van der Waals surface area (Å²) >= 11 is 1.30. The highest BCUT2D eigenvalue weighted by molar-refractivity contribution is 7.99. The molecule has 3 rings (SSSR count). The predicted molar refractivity (Wildman–Crippen MR) is 119 cm³/mol. The summed E-state index contributed by atoms with van der Waals surface area (Å²) in [5.74, 6) is -1.83. The predicted octanol–water partition coefficient (Wildman–Crippen LogP) is 2.78. The Balaban J connectivity index is 1.59. The third kappa shape index (κ3) is 7.42. The second-order valence-corrected chi connectivity index (χ2v) is 8.31. The first-order valence-corrected chi connectivity index (χ1v) is 10.9. The SMILES string of the molecule is Cc1ccc(Sc2nnn(CC(=O)C(CC(=O)O)NC(=O)OCc3ccccc3)n2)c(C)c1. The van der Waals surface area contributed by atoms with Crippen LogP contribution >= 0.6 is 11.8 Å². The second kappa shape index (κ2) is 11.2. The topological polar surface area (TPSA) is 136 Å². The number of alkyl carbamates (subject to hydrolysis) is 1. The number of hydrogen-bond donors (Lipinski definition) is 2. The van der Waals surface area contributed by atoms with Gasteiger partial charge in [-0.1, -0.05) is 48.0 Å². The van der Waals surface area contributed by atoms with Gasteiger partial charge in [-0.3, -0.25) is 9.59 Å². The van der Waals surface area contributed by atoms with Gasteiger partial charge in [0.25, 0.3) is 0 Å². The number of amides is 1. The highest BCUT2D eigenvalue weighted by Crippen LogP contribution is 2.27. The van der Waals surface area contributed by atoms with Gasteiger partial charge in [-0.25, -0.2) is 4.79 Å². The van der Waals surface area contributed by atoms with Crippen LogP contribution in [0.25, 0.3) is 0 Å². The first kappa shape index (κ1) is 23.9. The molecule has 11 heteroatoms. The third-order valence-corrected chi connectivity index (χ3v) is 5.56. The molecule has 0 aliphatic carbocycles. The van der Waals surface area contributed by atoms with Crippen molar-refractivity contribution in [2.75, 3.05) is 0 Å². The number of carbonyl (C=O) groups excluding carboxylic acids is 2. The number of tetrazole rings is 1. The average Bonchev–Trinajstić information content (AvgIpc) is 3.21. The number of carboxylic acids is 1. The molecular weight excluding hydrogens is 446 g/mol. The molecule has 10 nitrogen and oxygen atoms in total. The monoisotopic (exact) mass is 469 g/mol. The Labute approximate surface area is 194 Å². The molecular formula is C22H23N5O5S. The van der Waals surface area contributed by atoms with Gasteiger partial charge in [-0.15, -0.1) is 10.2 Å². The minimum atomic E-state index is -1.30. The molecule has 0 fully saturated rings. The number of ketones is 1. The van der Waals surface area contributed by atoms with Crippen LogP contribution in [0.3, 0.4) is 0 Å². The number of hydrogen-bond acceptors (Lipinski definition) is 8. The molecule has 3 aromatic rings. The van der Waals surface area contributed by atoms with E-state index in [2.05, 4.69) is 20.7 Å². The number of aliphatic carboxylic acids is 1. The van der Waals surface area contributed by atoms with E-state index in [0.29, 0.717) is 5.16 Å². The number of nitrogens with zero attached hydrogens (tertiary/aromatic N) is 4. The molecule has 0 saturated heterocycles. The zero-order valence-corrected chi connectivity index (χ0v) is 18.9. The van der Waals surface area contributed by atoms with Crippen LogP contribution < -0.4 is 5.32 Å². The van der Waals surface area contributed by atoms with E-state index >= 15 is 0 Å². The molecule has 33 heavy (non-hydrogen) atoms. The fourth-order valence-corrected chi connectivity index (χ4v) is 3.69. The van der Waals surface area contributed by atoms with Gasteiger partial charge < -0.3 is 15.2 Å². The van der Waals surface area contributed by atoms with Gasteiger partial charge in [0, 0.05) is 4.90 Å². The molecule has 1 heterocycles. The fraction of sp³-hybridized carbons (Fsp3) is 0.273. The summed E-state index contributed by atoms with van der Waals surface area (Å²) in [5.41, 5.74) is 2.96. The number of carboxylic acid groups (broad SMARTS) is 1. The molecule has 2 aromatic carbocycles. The van der Waals surface area contributed by atoms with Crippen LogP contribution in [-0.2, 0) is 27.5 Å². The largest absolute Gasteiger partial charge is 0.481 e. The maximum Gasteiger partial charge on any atom is 0.408 e. The quantitative estimate of drug-likeness (QED) is 0.459. The number of Topliss-reactive ketones (excluding diaryl/α,β-unsaturated/α-hetero) is 1. The number of carbonyl (C=O) groups is 3. The third-order valence-electron chi connectivity index (χ3n) is 4.54. The van der Waals surface area contributed by atoms with Crippen LogP contribution in [0.5, 0.6) is 0 Å². The summed E-state index contributed by atoms with van der Waals surface area (Å²) in [4.78, 5) is 38.0. The van der Waals surface area contributed by atoms with Crippen molar-refractivity contribution in [3.05, 3.63) is 65.2 Å². The van der Waals surface area contributed by atoms with E-state index < -0.39 is 30.3 Å². The van der Waals surface area contributed by atoms with Crippen molar-refractivity contribution in [1.29, 1.82) is 0 Å². The van der Waals surface area contributed by atoms with Crippen molar-refractivity contribution in [2.45, 2.75) is 49.5 Å². The van der Waals surface area contributed by atoms with Crippen LogP contribution in [0, 0.1) is 13.8 Å². The summed E-state index contributed by atoms with van der Waals surface area (Å²) in [6, 6.07) is 13.6. The maximum atomic E-state index is 12.6. The van der Waals surface area contributed by atoms with E-state index in [0.717, 1.165) is 26.4 Å². The van der Waals surface area contributed by atoms with Crippen molar-refractivity contribution in [1.82, 2.24) is 25.5 Å². The Kier molecular flexibility index (Phi) is 8.14. The Morgan fingerprint density at radius 2 is 1.91 bits per heavy atom. The zero-order chi connectivity index (χ0) is 23.8. The van der Waals surface area contributed by atoms with Gasteiger partial charge in [-0.05, 0) is 48.0 Å². The van der Waals surface area contributed by atoms with Crippen LogP contribution in [-0.4, -0.2) is 49.2 Å². The minimum absolute atomic E-state index is 0.00963. The minimum Gasteiger partial charge on any atom is -0.481 e. The molecule has 2 N–H and O–H groups in total. The molecule has 172 valence electrons. The van der Waals surface area contributed by atoms with Gasteiger partial charge in [0.15, 0.2) is 5.78 Å². The molecule has 1 aromatic heterocycles. The molecule has 0 aliphatic heterocycles. The van der Waals surface area contributed by atoms with Crippen molar-refractivity contribution in [3.8, 4) is 0 Å². The molecule has 0 aliphatic rings. The Bertz CT molecular complexity index is 1140. The summed E-state index contributed by atoms with van der Waals surface area (Å²) in [5, 5.41) is 23.8. The molecule has 1 unspecified atom stereocenters. The lowest BCUT2D eigenvalue weighted by atomic mass is 10.1. The highest BCUT2D eigenvalue weighted by atomic mass is 32.2. The van der Waals surface area contributed by atoms with Gasteiger partial charge in [-0.2, -0.15) is 4.80 Å². The van der Waals surface area contributed by atoms with E-state index in [1.54, 1.807) is 24.3 Å². The number of benzene rings is 2. The number of rotatable bonds is 10. The summed E-state index contributed by atoms with van der Waals surface area (Å²) < 4.78 is 5.08. The van der Waals surface area contributed by atoms with Crippen LogP contribution in [0.15, 0.2) is 58.6 Å². The smallest absolute Gasteiger partial charge is 0.408 e. The van der Waals surface area contributed by atoms with Crippen molar-refractivity contribution < 1.29 is 24.2 Å². The lowest BCUT2D eigenvalue weighted by Crippen LogP contribution is -2.44. The van der Waals surface area contributed by atoms with Crippen LogP contribution in [0.1, 0.15) is 23.1 Å². The van der Waals surface area contributed by atoms with Crippen molar-refractivity contribution in [2.24, 2.45) is 0 Å². The average molecular weight is 470 g/mol. The lowest BCUT2D eigenvalue weighted by Gasteiger charge is -2.15. The Morgan fingerprint density at radius 3 is 2.61 bits per heavy atom. The number of nitrogens with one attached hydrogen (secondary N) is 1. The van der Waals surface area contributed by atoms with E-state index in [9.17, 15) is 14.4 Å².